The summed E-state index contributed by atoms with van der Waals surface area (Å²) in [4.78, 5) is 14.9. The van der Waals surface area contributed by atoms with Gasteiger partial charge in [0, 0.05) is 17.8 Å². The highest BCUT2D eigenvalue weighted by atomic mass is 19.1. The van der Waals surface area contributed by atoms with Gasteiger partial charge in [-0.05, 0) is 37.1 Å². The van der Waals surface area contributed by atoms with E-state index in [4.69, 9.17) is 14.9 Å². The molecule has 0 bridgehead atoms. The lowest BCUT2D eigenvalue weighted by molar-refractivity contribution is 0.386. The molecule has 0 aliphatic heterocycles. The molecule has 4 rings (SSSR count). The van der Waals surface area contributed by atoms with Crippen molar-refractivity contribution in [1.82, 2.24) is 15.0 Å². The van der Waals surface area contributed by atoms with Crippen molar-refractivity contribution < 1.29 is 13.5 Å². The molecule has 1 aliphatic carbocycles. The van der Waals surface area contributed by atoms with Crippen LogP contribution in [-0.4, -0.2) is 28.1 Å². The van der Waals surface area contributed by atoms with Gasteiger partial charge in [0.1, 0.15) is 5.76 Å². The first kappa shape index (κ1) is 20.9. The number of ether oxygens (including phenoxy) is 1. The number of nitrogens with zero attached hydrogens (tertiary/aromatic N) is 4. The minimum atomic E-state index is -0.483. The summed E-state index contributed by atoms with van der Waals surface area (Å²) in [6.07, 6.45) is 8.59. The minimum absolute atomic E-state index is 0.0968. The molecule has 0 atom stereocenters. The van der Waals surface area contributed by atoms with Crippen LogP contribution in [0.1, 0.15) is 44.3 Å². The molecule has 0 unspecified atom stereocenters. The fraction of sp³-hybridized carbons (Fsp3) is 0.409. The van der Waals surface area contributed by atoms with Crippen molar-refractivity contribution in [2.75, 3.05) is 23.1 Å². The maximum Gasteiger partial charge on any atom is 0.236 e. The predicted molar refractivity (Wildman–Crippen MR) is 117 cm³/mol. The van der Waals surface area contributed by atoms with Crippen molar-refractivity contribution >= 4 is 23.5 Å². The second kappa shape index (κ2) is 9.63. The van der Waals surface area contributed by atoms with Crippen molar-refractivity contribution in [3.05, 3.63) is 48.2 Å². The molecule has 1 aromatic carbocycles. The van der Waals surface area contributed by atoms with Crippen LogP contribution in [0, 0.1) is 5.82 Å². The Morgan fingerprint density at radius 2 is 1.97 bits per heavy atom. The minimum Gasteiger partial charge on any atom is -0.494 e. The second-order valence-electron chi connectivity index (χ2n) is 7.63. The van der Waals surface area contributed by atoms with Gasteiger partial charge in [0.15, 0.2) is 11.6 Å². The second-order valence-corrected chi connectivity index (χ2v) is 7.63. The van der Waals surface area contributed by atoms with Gasteiger partial charge < -0.3 is 25.1 Å². The molecule has 9 heteroatoms. The maximum atomic E-state index is 14.4. The molecule has 1 aliphatic rings. The molecule has 8 nitrogen and oxygen atoms in total. The number of aromatic nitrogens is 3. The Hall–Kier alpha value is -3.36. The van der Waals surface area contributed by atoms with Crippen molar-refractivity contribution in [1.29, 1.82) is 0 Å². The van der Waals surface area contributed by atoms with E-state index in [0.29, 0.717) is 35.9 Å². The van der Waals surface area contributed by atoms with E-state index >= 15 is 0 Å². The third-order valence-electron chi connectivity index (χ3n) is 5.41. The molecular formula is C22H27FN6O2. The monoisotopic (exact) mass is 426 g/mol. The topological polar surface area (TPSA) is 102 Å². The highest BCUT2D eigenvalue weighted by molar-refractivity contribution is 5.60. The average Bonchev–Trinajstić information content (AvgIpc) is 3.14. The van der Waals surface area contributed by atoms with Crippen LogP contribution in [-0.2, 0) is 6.54 Å². The van der Waals surface area contributed by atoms with Crippen LogP contribution in [0.5, 0.6) is 5.75 Å². The summed E-state index contributed by atoms with van der Waals surface area (Å²) >= 11 is 0. The van der Waals surface area contributed by atoms with Gasteiger partial charge in [-0.25, -0.2) is 4.39 Å². The number of nitrogens with two attached hydrogens (primary N) is 1. The van der Waals surface area contributed by atoms with Gasteiger partial charge in [-0.15, -0.1) is 0 Å². The number of anilines is 4. The average molecular weight is 426 g/mol. The van der Waals surface area contributed by atoms with Crippen LogP contribution >= 0.6 is 0 Å². The number of hydrogen-bond donors (Lipinski definition) is 2. The summed E-state index contributed by atoms with van der Waals surface area (Å²) in [5.74, 6) is 1.18. The van der Waals surface area contributed by atoms with E-state index in [-0.39, 0.29) is 11.7 Å². The number of hydrogen-bond acceptors (Lipinski definition) is 8. The molecule has 164 valence electrons. The van der Waals surface area contributed by atoms with E-state index < -0.39 is 5.82 Å². The fourth-order valence-electron chi connectivity index (χ4n) is 3.83. The van der Waals surface area contributed by atoms with Crippen LogP contribution in [0.3, 0.4) is 0 Å². The third kappa shape index (κ3) is 5.22. The Balaban J connectivity index is 1.67. The van der Waals surface area contributed by atoms with E-state index in [1.54, 1.807) is 29.4 Å². The number of nitrogen functional groups attached to an aromatic ring is 1. The zero-order chi connectivity index (χ0) is 21.6. The lowest BCUT2D eigenvalue weighted by Gasteiger charge is -2.23. The molecule has 3 aromatic rings. The van der Waals surface area contributed by atoms with Gasteiger partial charge in [-0.3, -0.25) is 0 Å². The first-order valence-electron chi connectivity index (χ1n) is 10.5. The number of rotatable bonds is 7. The molecule has 1 fully saturated rings. The van der Waals surface area contributed by atoms with Gasteiger partial charge >= 0.3 is 0 Å². The number of methoxy groups -OCH3 is 1. The first-order chi connectivity index (χ1) is 15.1. The van der Waals surface area contributed by atoms with Crippen molar-refractivity contribution in [3.63, 3.8) is 0 Å². The van der Waals surface area contributed by atoms with Crippen molar-refractivity contribution in [3.8, 4) is 5.75 Å². The van der Waals surface area contributed by atoms with Gasteiger partial charge in [-0.2, -0.15) is 15.0 Å². The van der Waals surface area contributed by atoms with Crippen LogP contribution < -0.4 is 20.7 Å². The molecular weight excluding hydrogens is 399 g/mol. The highest BCUT2D eigenvalue weighted by Gasteiger charge is 2.20. The van der Waals surface area contributed by atoms with Crippen LogP contribution in [0.4, 0.5) is 27.9 Å². The highest BCUT2D eigenvalue weighted by Crippen LogP contribution is 2.30. The van der Waals surface area contributed by atoms with E-state index in [1.165, 1.54) is 38.9 Å². The quantitative estimate of drug-likeness (QED) is 0.526. The maximum absolute atomic E-state index is 14.4. The molecule has 0 amide bonds. The molecule has 0 spiro atoms. The third-order valence-corrected chi connectivity index (χ3v) is 5.41. The van der Waals surface area contributed by atoms with Crippen molar-refractivity contribution in [2.45, 2.75) is 51.1 Å². The van der Waals surface area contributed by atoms with E-state index in [9.17, 15) is 4.39 Å². The molecule has 0 saturated heterocycles. The van der Waals surface area contributed by atoms with Crippen LogP contribution in [0.25, 0.3) is 0 Å². The molecule has 1 saturated carbocycles. The van der Waals surface area contributed by atoms with E-state index in [0.717, 1.165) is 12.8 Å². The predicted octanol–water partition coefficient (Wildman–Crippen LogP) is 4.67. The molecule has 31 heavy (non-hydrogen) atoms. The summed E-state index contributed by atoms with van der Waals surface area (Å²) in [5.41, 5.74) is 6.56. The van der Waals surface area contributed by atoms with Crippen LogP contribution in [0.15, 0.2) is 41.0 Å². The lowest BCUT2D eigenvalue weighted by Crippen LogP contribution is -2.24. The smallest absolute Gasteiger partial charge is 0.236 e. The molecule has 2 aromatic heterocycles. The summed E-state index contributed by atoms with van der Waals surface area (Å²) in [7, 11) is 1.43. The SMILES string of the molecule is COc1ccc(N(Cc2ccco2)c2nc(N)nc(NC3CCCCCC3)n2)cc1F. The summed E-state index contributed by atoms with van der Waals surface area (Å²) in [6, 6.07) is 8.61. The molecule has 3 N–H and O–H groups in total. The van der Waals surface area contributed by atoms with Gasteiger partial charge in [-0.1, -0.05) is 25.7 Å². The first-order valence-corrected chi connectivity index (χ1v) is 10.5. The number of halogens is 1. The molecule has 0 radical (unpaired) electrons. The lowest BCUT2D eigenvalue weighted by atomic mass is 10.1. The zero-order valence-corrected chi connectivity index (χ0v) is 17.6. The Labute approximate surface area is 180 Å². The normalized spacial score (nSPS) is 14.8. The summed E-state index contributed by atoms with van der Waals surface area (Å²) < 4.78 is 25.0. The zero-order valence-electron chi connectivity index (χ0n) is 17.6. The fourth-order valence-corrected chi connectivity index (χ4v) is 3.83. The number of nitrogens with one attached hydrogen (secondary N) is 1. The van der Waals surface area contributed by atoms with Gasteiger partial charge in [0.2, 0.25) is 17.8 Å². The standard InChI is InChI=1S/C22H27FN6O2/c1-30-19-11-10-16(13-18(19)23)29(14-17-9-6-12-31-17)22-27-20(24)26-21(28-22)25-15-7-4-2-3-5-8-15/h6,9-13,15H,2-5,7-8,14H2,1H3,(H3,24,25,26,27,28). The Kier molecular flexibility index (Phi) is 6.49. The van der Waals surface area contributed by atoms with Crippen LogP contribution in [0.2, 0.25) is 0 Å². The Morgan fingerprint density at radius 1 is 1.16 bits per heavy atom. The number of benzene rings is 1. The number of furan rings is 1. The van der Waals surface area contributed by atoms with Gasteiger partial charge in [0.05, 0.1) is 19.9 Å². The van der Waals surface area contributed by atoms with E-state index in [1.807, 2.05) is 6.07 Å². The van der Waals surface area contributed by atoms with Crippen molar-refractivity contribution in [2.24, 2.45) is 0 Å². The summed E-state index contributed by atoms with van der Waals surface area (Å²) in [6.45, 7) is 0.297. The van der Waals surface area contributed by atoms with E-state index in [2.05, 4.69) is 20.3 Å². The summed E-state index contributed by atoms with van der Waals surface area (Å²) in [5, 5.41) is 3.41. The Bertz CT molecular complexity index is 990. The molecule has 2 heterocycles. The Morgan fingerprint density at radius 3 is 2.65 bits per heavy atom. The van der Waals surface area contributed by atoms with Gasteiger partial charge in [0.25, 0.3) is 0 Å². The largest absolute Gasteiger partial charge is 0.494 e.